The van der Waals surface area contributed by atoms with Gasteiger partial charge in [-0.15, -0.1) is 5.73 Å². The SMILES string of the molecule is C/C=C/N(C)C(=N)/N=C\CC=C=C(C)C(C)C. The number of allylic oxidation sites excluding steroid dienone is 2. The van der Waals surface area contributed by atoms with E-state index in [-0.39, 0.29) is 5.96 Å². The van der Waals surface area contributed by atoms with E-state index in [1.54, 1.807) is 24.4 Å². The van der Waals surface area contributed by atoms with Gasteiger partial charge in [0.25, 0.3) is 0 Å². The fraction of sp³-hybridized carbons (Fsp3) is 0.500. The monoisotopic (exact) mass is 233 g/mol. The van der Waals surface area contributed by atoms with Crippen LogP contribution in [0.3, 0.4) is 0 Å². The van der Waals surface area contributed by atoms with Gasteiger partial charge in [0.1, 0.15) is 0 Å². The van der Waals surface area contributed by atoms with Gasteiger partial charge in [-0.1, -0.05) is 19.9 Å². The Morgan fingerprint density at radius 2 is 2.12 bits per heavy atom. The van der Waals surface area contributed by atoms with Gasteiger partial charge in [0, 0.05) is 25.9 Å². The molecule has 0 rings (SSSR count). The third-order valence-corrected chi connectivity index (χ3v) is 2.34. The molecule has 0 fully saturated rings. The highest BCUT2D eigenvalue weighted by Crippen LogP contribution is 2.05. The lowest BCUT2D eigenvalue weighted by atomic mass is 10.1. The second-order valence-electron chi connectivity index (χ2n) is 4.15. The summed E-state index contributed by atoms with van der Waals surface area (Å²) in [6, 6.07) is 0. The summed E-state index contributed by atoms with van der Waals surface area (Å²) in [5, 5.41) is 7.62. The molecule has 94 valence electrons. The Bertz CT molecular complexity index is 356. The highest BCUT2D eigenvalue weighted by molar-refractivity contribution is 5.86. The molecule has 0 heterocycles. The number of nitrogens with zero attached hydrogens (tertiary/aromatic N) is 2. The molecule has 0 aromatic carbocycles. The molecule has 0 aliphatic carbocycles. The summed E-state index contributed by atoms with van der Waals surface area (Å²) in [7, 11) is 1.80. The van der Waals surface area contributed by atoms with Crippen molar-refractivity contribution in [1.82, 2.24) is 4.90 Å². The van der Waals surface area contributed by atoms with E-state index in [1.165, 1.54) is 5.57 Å². The summed E-state index contributed by atoms with van der Waals surface area (Å²) >= 11 is 0. The maximum absolute atomic E-state index is 7.62. The molecule has 0 aromatic rings. The molecule has 0 saturated carbocycles. The molecule has 3 nitrogen and oxygen atoms in total. The minimum Gasteiger partial charge on any atom is -0.321 e. The van der Waals surface area contributed by atoms with E-state index < -0.39 is 0 Å². The Hall–Kier alpha value is -1.60. The standard InChI is InChI=1S/C14H23N3/c1-6-11-17(5)14(15)16-10-8-7-9-13(4)12(2)3/h6-7,10-12,15H,8H2,1-5H3/b11-6+,15-14?,16-10-. The summed E-state index contributed by atoms with van der Waals surface area (Å²) in [5.41, 5.74) is 4.45. The molecule has 0 saturated heterocycles. The highest BCUT2D eigenvalue weighted by atomic mass is 15.2. The quantitative estimate of drug-likeness (QED) is 0.450. The van der Waals surface area contributed by atoms with Gasteiger partial charge in [0.15, 0.2) is 0 Å². The first kappa shape index (κ1) is 15.4. The fourth-order valence-corrected chi connectivity index (χ4v) is 0.964. The molecular formula is C14H23N3. The Labute approximate surface area is 105 Å². The van der Waals surface area contributed by atoms with Crippen LogP contribution >= 0.6 is 0 Å². The first-order valence-electron chi connectivity index (χ1n) is 5.87. The lowest BCUT2D eigenvalue weighted by Crippen LogP contribution is -2.17. The molecule has 0 aliphatic heterocycles. The molecule has 0 amide bonds. The summed E-state index contributed by atoms with van der Waals surface area (Å²) in [5.74, 6) is 0.767. The van der Waals surface area contributed by atoms with Gasteiger partial charge in [-0.05, 0) is 31.4 Å². The molecular weight excluding hydrogens is 210 g/mol. The van der Waals surface area contributed by atoms with Crippen molar-refractivity contribution in [3.8, 4) is 0 Å². The van der Waals surface area contributed by atoms with E-state index >= 15 is 0 Å². The fourth-order valence-electron chi connectivity index (χ4n) is 0.964. The number of hydrogen-bond acceptors (Lipinski definition) is 1. The second kappa shape index (κ2) is 8.54. The minimum atomic E-state index is 0.237. The van der Waals surface area contributed by atoms with Crippen molar-refractivity contribution in [3.63, 3.8) is 0 Å². The zero-order valence-electron chi connectivity index (χ0n) is 11.5. The van der Waals surface area contributed by atoms with Gasteiger partial charge in [-0.3, -0.25) is 5.41 Å². The highest BCUT2D eigenvalue weighted by Gasteiger charge is 1.95. The average molecular weight is 233 g/mol. The average Bonchev–Trinajstić information content (AvgIpc) is 2.28. The van der Waals surface area contributed by atoms with Crippen molar-refractivity contribution >= 4 is 12.2 Å². The molecule has 0 spiro atoms. The maximum Gasteiger partial charge on any atom is 0.221 e. The van der Waals surface area contributed by atoms with Crippen LogP contribution in [0.4, 0.5) is 0 Å². The van der Waals surface area contributed by atoms with Crippen LogP contribution in [-0.4, -0.2) is 24.1 Å². The third-order valence-electron chi connectivity index (χ3n) is 2.34. The van der Waals surface area contributed by atoms with Gasteiger partial charge in [-0.2, -0.15) is 0 Å². The summed E-state index contributed by atoms with van der Waals surface area (Å²) < 4.78 is 0. The molecule has 1 N–H and O–H groups in total. The molecule has 0 aromatic heterocycles. The first-order chi connectivity index (χ1) is 7.99. The van der Waals surface area contributed by atoms with Crippen molar-refractivity contribution in [3.05, 3.63) is 29.7 Å². The van der Waals surface area contributed by atoms with Gasteiger partial charge in [0.05, 0.1) is 0 Å². The van der Waals surface area contributed by atoms with Gasteiger partial charge >= 0.3 is 0 Å². The number of guanidine groups is 1. The topological polar surface area (TPSA) is 39.5 Å². The lowest BCUT2D eigenvalue weighted by molar-refractivity contribution is 0.672. The zero-order chi connectivity index (χ0) is 13.3. The molecule has 0 radical (unpaired) electrons. The maximum atomic E-state index is 7.62. The normalized spacial score (nSPS) is 10.9. The van der Waals surface area contributed by atoms with E-state index in [9.17, 15) is 0 Å². The number of nitrogens with one attached hydrogen (secondary N) is 1. The Morgan fingerprint density at radius 3 is 2.65 bits per heavy atom. The van der Waals surface area contributed by atoms with E-state index in [4.69, 9.17) is 5.41 Å². The Morgan fingerprint density at radius 1 is 1.47 bits per heavy atom. The molecule has 0 unspecified atom stereocenters. The molecule has 17 heavy (non-hydrogen) atoms. The van der Waals surface area contributed by atoms with E-state index in [2.05, 4.69) is 31.5 Å². The van der Waals surface area contributed by atoms with Crippen molar-refractivity contribution in [1.29, 1.82) is 5.41 Å². The molecule has 0 bridgehead atoms. The largest absolute Gasteiger partial charge is 0.321 e. The van der Waals surface area contributed by atoms with E-state index in [0.29, 0.717) is 12.3 Å². The van der Waals surface area contributed by atoms with E-state index in [1.807, 2.05) is 19.1 Å². The minimum absolute atomic E-state index is 0.237. The van der Waals surface area contributed by atoms with Gasteiger partial charge in [0.2, 0.25) is 5.96 Å². The summed E-state index contributed by atoms with van der Waals surface area (Å²) in [6.45, 7) is 8.27. The lowest BCUT2D eigenvalue weighted by Gasteiger charge is -2.09. The molecule has 0 aliphatic rings. The number of aliphatic imine (C=N–C) groups is 1. The van der Waals surface area contributed by atoms with E-state index in [0.717, 1.165) is 0 Å². The second-order valence-corrected chi connectivity index (χ2v) is 4.15. The van der Waals surface area contributed by atoms with Crippen molar-refractivity contribution in [2.45, 2.75) is 34.1 Å². The summed E-state index contributed by atoms with van der Waals surface area (Å²) in [4.78, 5) is 5.70. The van der Waals surface area contributed by atoms with Crippen LogP contribution < -0.4 is 0 Å². The van der Waals surface area contributed by atoms with Crippen LogP contribution in [0, 0.1) is 11.3 Å². The predicted octanol–water partition coefficient (Wildman–Crippen LogP) is 3.60. The zero-order valence-corrected chi connectivity index (χ0v) is 11.5. The summed E-state index contributed by atoms with van der Waals surface area (Å²) in [6.07, 6.45) is 8.05. The first-order valence-corrected chi connectivity index (χ1v) is 5.87. The van der Waals surface area contributed by atoms with Crippen molar-refractivity contribution < 1.29 is 0 Å². The smallest absolute Gasteiger partial charge is 0.221 e. The van der Waals surface area contributed by atoms with Crippen molar-refractivity contribution in [2.75, 3.05) is 7.05 Å². The Balaban J connectivity index is 4.22. The van der Waals surface area contributed by atoms with Crippen LogP contribution in [0.5, 0.6) is 0 Å². The Kier molecular flexibility index (Phi) is 7.74. The number of hydrogen-bond donors (Lipinski definition) is 1. The van der Waals surface area contributed by atoms with Crippen LogP contribution in [-0.2, 0) is 0 Å². The van der Waals surface area contributed by atoms with Crippen LogP contribution in [0.1, 0.15) is 34.1 Å². The molecule has 0 atom stereocenters. The van der Waals surface area contributed by atoms with Gasteiger partial charge in [-0.25, -0.2) is 4.99 Å². The van der Waals surface area contributed by atoms with Crippen LogP contribution in [0.2, 0.25) is 0 Å². The van der Waals surface area contributed by atoms with Crippen molar-refractivity contribution in [2.24, 2.45) is 10.9 Å². The third kappa shape index (κ3) is 7.31. The van der Waals surface area contributed by atoms with Crippen LogP contribution in [0.25, 0.3) is 0 Å². The number of rotatable bonds is 4. The predicted molar refractivity (Wildman–Crippen MR) is 75.5 cm³/mol. The van der Waals surface area contributed by atoms with Crippen LogP contribution in [0.15, 0.2) is 34.6 Å². The molecule has 3 heteroatoms. The van der Waals surface area contributed by atoms with Gasteiger partial charge < -0.3 is 4.90 Å².